The molecule has 0 unspecified atom stereocenters. The Labute approximate surface area is 171 Å². The molecule has 0 saturated carbocycles. The number of rotatable bonds is 5. The van der Waals surface area contributed by atoms with Crippen LogP contribution in [-0.4, -0.2) is 39.3 Å². The minimum absolute atomic E-state index is 0.0472. The van der Waals surface area contributed by atoms with Gasteiger partial charge in [-0.25, -0.2) is 4.79 Å². The SMILES string of the molecule is CCN1C(=O)C(=CC=C2Sc3cc(C=CC(=O)O)ccc3N2CC)SC1=S. The van der Waals surface area contributed by atoms with Gasteiger partial charge in [-0.05, 0) is 49.8 Å². The maximum atomic E-state index is 12.3. The Hall–Kier alpha value is -2.03. The van der Waals surface area contributed by atoms with Crippen LogP contribution in [0.3, 0.4) is 0 Å². The van der Waals surface area contributed by atoms with E-state index >= 15 is 0 Å². The number of amides is 1. The predicted molar refractivity (Wildman–Crippen MR) is 116 cm³/mol. The maximum absolute atomic E-state index is 12.3. The van der Waals surface area contributed by atoms with Crippen LogP contribution < -0.4 is 4.90 Å². The molecule has 3 rings (SSSR count). The van der Waals surface area contributed by atoms with Crippen LogP contribution in [0.1, 0.15) is 19.4 Å². The van der Waals surface area contributed by atoms with Gasteiger partial charge in [0, 0.05) is 24.1 Å². The molecule has 1 amide bonds. The number of carboxylic acid groups (broad SMARTS) is 1. The Kier molecular flexibility index (Phi) is 6.08. The number of anilines is 1. The van der Waals surface area contributed by atoms with Crippen LogP contribution in [0.4, 0.5) is 5.69 Å². The van der Waals surface area contributed by atoms with E-state index in [2.05, 4.69) is 11.8 Å². The summed E-state index contributed by atoms with van der Waals surface area (Å²) < 4.78 is 0.594. The number of nitrogens with zero attached hydrogens (tertiary/aromatic N) is 2. The number of fused-ring (bicyclic) bond motifs is 1. The summed E-state index contributed by atoms with van der Waals surface area (Å²) in [6.45, 7) is 5.34. The molecule has 5 nitrogen and oxygen atoms in total. The average Bonchev–Trinajstić information content (AvgIpc) is 3.13. The molecule has 2 aliphatic heterocycles. The van der Waals surface area contributed by atoms with Crippen molar-refractivity contribution in [3.8, 4) is 0 Å². The van der Waals surface area contributed by atoms with Gasteiger partial charge in [-0.1, -0.05) is 41.8 Å². The molecule has 0 atom stereocenters. The summed E-state index contributed by atoms with van der Waals surface area (Å²) in [7, 11) is 0. The fraction of sp³-hybridized carbons (Fsp3) is 0.211. The van der Waals surface area contributed by atoms with Gasteiger partial charge >= 0.3 is 5.97 Å². The second-order valence-corrected chi connectivity index (χ2v) is 8.44. The van der Waals surface area contributed by atoms with Crippen LogP contribution in [0, 0.1) is 0 Å². The summed E-state index contributed by atoms with van der Waals surface area (Å²) in [5.74, 6) is -1.02. The molecule has 1 aromatic rings. The third-order valence-corrected chi connectivity index (χ3v) is 6.57. The molecule has 0 bridgehead atoms. The smallest absolute Gasteiger partial charge is 0.328 e. The van der Waals surface area contributed by atoms with E-state index < -0.39 is 5.97 Å². The number of hydrogen-bond donors (Lipinski definition) is 1. The van der Waals surface area contributed by atoms with E-state index in [1.54, 1.807) is 22.7 Å². The second-order valence-electron chi connectivity index (χ2n) is 5.70. The summed E-state index contributed by atoms with van der Waals surface area (Å²) in [6.07, 6.45) is 6.49. The molecular formula is C19H18N2O3S3. The lowest BCUT2D eigenvalue weighted by Gasteiger charge is -2.17. The zero-order valence-electron chi connectivity index (χ0n) is 14.8. The molecule has 140 valence electrons. The molecule has 1 fully saturated rings. The van der Waals surface area contributed by atoms with Gasteiger partial charge in [0.15, 0.2) is 0 Å². The fourth-order valence-corrected chi connectivity index (χ4v) is 5.28. The molecule has 1 N–H and O–H groups in total. The first-order valence-corrected chi connectivity index (χ1v) is 10.4. The highest BCUT2D eigenvalue weighted by Gasteiger charge is 2.30. The minimum atomic E-state index is -0.969. The molecule has 8 heteroatoms. The van der Waals surface area contributed by atoms with Gasteiger partial charge in [-0.2, -0.15) is 0 Å². The van der Waals surface area contributed by atoms with Crippen molar-refractivity contribution in [3.05, 3.63) is 51.9 Å². The number of likely N-dealkylation sites (N-methyl/N-ethyl adjacent to an activating group) is 1. The van der Waals surface area contributed by atoms with Crippen molar-refractivity contribution in [2.45, 2.75) is 18.7 Å². The Bertz CT molecular complexity index is 905. The number of benzene rings is 1. The van der Waals surface area contributed by atoms with E-state index in [0.717, 1.165) is 33.8 Å². The lowest BCUT2D eigenvalue weighted by molar-refractivity contribution is -0.131. The molecule has 27 heavy (non-hydrogen) atoms. The lowest BCUT2D eigenvalue weighted by Crippen LogP contribution is -2.27. The quantitative estimate of drug-likeness (QED) is 0.564. The van der Waals surface area contributed by atoms with Gasteiger partial charge in [0.2, 0.25) is 0 Å². The molecule has 0 aromatic heterocycles. The number of allylic oxidation sites excluding steroid dienone is 2. The van der Waals surface area contributed by atoms with E-state index in [4.69, 9.17) is 17.3 Å². The van der Waals surface area contributed by atoms with Gasteiger partial charge in [-0.3, -0.25) is 9.69 Å². The Morgan fingerprint density at radius 1 is 1.19 bits per heavy atom. The minimum Gasteiger partial charge on any atom is -0.478 e. The van der Waals surface area contributed by atoms with E-state index in [-0.39, 0.29) is 5.91 Å². The normalized spacial score (nSPS) is 19.8. The molecule has 0 radical (unpaired) electrons. The first-order chi connectivity index (χ1) is 12.9. The van der Waals surface area contributed by atoms with Crippen molar-refractivity contribution in [1.29, 1.82) is 0 Å². The number of carbonyl (C=O) groups is 2. The highest BCUT2D eigenvalue weighted by molar-refractivity contribution is 8.26. The number of thiocarbonyl (C=S) groups is 1. The van der Waals surface area contributed by atoms with Gasteiger partial charge in [0.1, 0.15) is 4.32 Å². The van der Waals surface area contributed by atoms with Crippen molar-refractivity contribution in [2.24, 2.45) is 0 Å². The van der Waals surface area contributed by atoms with Crippen molar-refractivity contribution < 1.29 is 14.7 Å². The van der Waals surface area contributed by atoms with Crippen LogP contribution in [0.25, 0.3) is 6.08 Å². The van der Waals surface area contributed by atoms with E-state index in [1.807, 2.05) is 37.3 Å². The van der Waals surface area contributed by atoms with Crippen molar-refractivity contribution in [1.82, 2.24) is 4.90 Å². The Morgan fingerprint density at radius 2 is 1.93 bits per heavy atom. The van der Waals surface area contributed by atoms with E-state index in [9.17, 15) is 9.59 Å². The van der Waals surface area contributed by atoms with Crippen molar-refractivity contribution in [2.75, 3.05) is 18.0 Å². The number of carboxylic acids is 1. The zero-order chi connectivity index (χ0) is 19.6. The zero-order valence-corrected chi connectivity index (χ0v) is 17.3. The molecule has 2 aliphatic rings. The Balaban J connectivity index is 1.86. The molecule has 1 saturated heterocycles. The largest absolute Gasteiger partial charge is 0.478 e. The predicted octanol–water partition coefficient (Wildman–Crippen LogP) is 4.32. The van der Waals surface area contributed by atoms with E-state index in [1.165, 1.54) is 11.8 Å². The maximum Gasteiger partial charge on any atom is 0.328 e. The highest BCUT2D eigenvalue weighted by Crippen LogP contribution is 2.46. The first kappa shape index (κ1) is 19.7. The summed E-state index contributed by atoms with van der Waals surface area (Å²) in [4.78, 5) is 28.5. The van der Waals surface area contributed by atoms with Crippen molar-refractivity contribution >= 4 is 63.7 Å². The summed E-state index contributed by atoms with van der Waals surface area (Å²) >= 11 is 8.17. The Morgan fingerprint density at radius 3 is 2.56 bits per heavy atom. The van der Waals surface area contributed by atoms with Crippen LogP contribution in [0.5, 0.6) is 0 Å². The van der Waals surface area contributed by atoms with Crippen LogP contribution >= 0.6 is 35.7 Å². The number of aliphatic carboxylic acids is 1. The van der Waals surface area contributed by atoms with Crippen LogP contribution in [0.2, 0.25) is 0 Å². The highest BCUT2D eigenvalue weighted by atomic mass is 32.2. The third-order valence-electron chi connectivity index (χ3n) is 4.06. The summed E-state index contributed by atoms with van der Waals surface area (Å²) in [6, 6.07) is 5.86. The first-order valence-electron chi connectivity index (χ1n) is 8.40. The topological polar surface area (TPSA) is 60.9 Å². The second kappa shape index (κ2) is 8.33. The van der Waals surface area contributed by atoms with Gasteiger partial charge in [0.25, 0.3) is 5.91 Å². The van der Waals surface area contributed by atoms with Crippen LogP contribution in [-0.2, 0) is 9.59 Å². The number of thioether (sulfide) groups is 2. The third kappa shape index (κ3) is 4.12. The summed E-state index contributed by atoms with van der Waals surface area (Å²) in [5, 5.41) is 9.80. The molecule has 1 aromatic carbocycles. The molecule has 0 spiro atoms. The fourth-order valence-electron chi connectivity index (χ4n) is 2.78. The number of carbonyl (C=O) groups excluding carboxylic acids is 1. The molecule has 2 heterocycles. The lowest BCUT2D eigenvalue weighted by atomic mass is 10.2. The van der Waals surface area contributed by atoms with Crippen LogP contribution in [0.15, 0.2) is 51.3 Å². The number of hydrogen-bond acceptors (Lipinski definition) is 6. The van der Waals surface area contributed by atoms with Gasteiger partial charge in [0.05, 0.1) is 15.6 Å². The standard InChI is InChI=1S/C19H18N2O3S3/c1-3-20-13-7-5-12(6-10-17(22)23)11-15(13)26-16(20)9-8-14-18(24)21(4-2)19(25)27-14/h5-11H,3-4H2,1-2H3,(H,22,23). The monoisotopic (exact) mass is 418 g/mol. The van der Waals surface area contributed by atoms with Crippen molar-refractivity contribution in [3.63, 3.8) is 0 Å². The molecule has 0 aliphatic carbocycles. The summed E-state index contributed by atoms with van der Waals surface area (Å²) in [5.41, 5.74) is 1.92. The molecular weight excluding hydrogens is 400 g/mol. The van der Waals surface area contributed by atoms with Gasteiger partial charge in [-0.15, -0.1) is 0 Å². The average molecular weight is 419 g/mol. The van der Waals surface area contributed by atoms with Gasteiger partial charge < -0.3 is 10.0 Å². The van der Waals surface area contributed by atoms with E-state index in [0.29, 0.717) is 15.8 Å².